The molecule has 0 radical (unpaired) electrons. The molecule has 1 rings (SSSR count). The third kappa shape index (κ3) is 1.19. The van der Waals surface area contributed by atoms with E-state index in [9.17, 15) is 0 Å². The highest BCUT2D eigenvalue weighted by atomic mass is 32.2. The minimum absolute atomic E-state index is 0.920. The molecule has 0 bridgehead atoms. The quantitative estimate of drug-likeness (QED) is 0.553. The molecule has 0 N–H and O–H groups in total. The molecule has 0 spiro atoms. The maximum absolute atomic E-state index is 2.34. The summed E-state index contributed by atoms with van der Waals surface area (Å²) < 4.78 is 0. The second kappa shape index (κ2) is 2.77. The number of rotatable bonds is 2. The Balaban J connectivity index is 2.13. The first-order valence-corrected chi connectivity index (χ1v) is 4.66. The summed E-state index contributed by atoms with van der Waals surface area (Å²) in [5.41, 5.74) is 0. The van der Waals surface area contributed by atoms with Gasteiger partial charge in [0.2, 0.25) is 0 Å². The molecule has 1 aliphatic rings. The molecular formula is C7H14S. The van der Waals surface area contributed by atoms with Crippen molar-refractivity contribution in [2.75, 3.05) is 6.26 Å². The van der Waals surface area contributed by atoms with Gasteiger partial charge in [-0.1, -0.05) is 13.3 Å². The van der Waals surface area contributed by atoms with Crippen LogP contribution < -0.4 is 0 Å². The maximum atomic E-state index is 2.34. The van der Waals surface area contributed by atoms with Gasteiger partial charge in [-0.25, -0.2) is 0 Å². The SMILES string of the molecule is CSC(C)C1CCC1. The summed E-state index contributed by atoms with van der Waals surface area (Å²) >= 11 is 2.01. The topological polar surface area (TPSA) is 0 Å². The molecule has 1 heteroatoms. The van der Waals surface area contributed by atoms with E-state index in [2.05, 4.69) is 13.2 Å². The third-order valence-corrected chi connectivity index (χ3v) is 3.31. The van der Waals surface area contributed by atoms with Crippen molar-refractivity contribution in [1.82, 2.24) is 0 Å². The van der Waals surface area contributed by atoms with E-state index in [0.29, 0.717) is 0 Å². The second-order valence-corrected chi connectivity index (χ2v) is 3.85. The highest BCUT2D eigenvalue weighted by Crippen LogP contribution is 2.34. The van der Waals surface area contributed by atoms with Crippen LogP contribution in [0.25, 0.3) is 0 Å². The van der Waals surface area contributed by atoms with Gasteiger partial charge in [0.05, 0.1) is 0 Å². The van der Waals surface area contributed by atoms with E-state index in [4.69, 9.17) is 0 Å². The van der Waals surface area contributed by atoms with Crippen LogP contribution in [0.1, 0.15) is 26.2 Å². The van der Waals surface area contributed by atoms with E-state index in [0.717, 1.165) is 11.2 Å². The molecule has 0 amide bonds. The highest BCUT2D eigenvalue weighted by Gasteiger charge is 2.22. The van der Waals surface area contributed by atoms with Gasteiger partial charge in [-0.15, -0.1) is 0 Å². The summed E-state index contributed by atoms with van der Waals surface area (Å²) in [7, 11) is 0. The number of hydrogen-bond acceptors (Lipinski definition) is 1. The summed E-state index contributed by atoms with van der Waals surface area (Å²) in [4.78, 5) is 0. The van der Waals surface area contributed by atoms with Crippen molar-refractivity contribution in [1.29, 1.82) is 0 Å². The van der Waals surface area contributed by atoms with Crippen LogP contribution in [0.15, 0.2) is 0 Å². The van der Waals surface area contributed by atoms with Crippen molar-refractivity contribution in [2.45, 2.75) is 31.4 Å². The second-order valence-electron chi connectivity index (χ2n) is 2.63. The van der Waals surface area contributed by atoms with Crippen molar-refractivity contribution in [2.24, 2.45) is 5.92 Å². The van der Waals surface area contributed by atoms with Gasteiger partial charge < -0.3 is 0 Å². The first kappa shape index (κ1) is 6.47. The van der Waals surface area contributed by atoms with Gasteiger partial charge in [0.15, 0.2) is 0 Å². The Labute approximate surface area is 56.0 Å². The van der Waals surface area contributed by atoms with Crippen molar-refractivity contribution in [3.8, 4) is 0 Å². The predicted molar refractivity (Wildman–Crippen MR) is 40.3 cm³/mol. The van der Waals surface area contributed by atoms with Gasteiger partial charge >= 0.3 is 0 Å². The predicted octanol–water partition coefficient (Wildman–Crippen LogP) is 2.54. The average molecular weight is 130 g/mol. The summed E-state index contributed by atoms with van der Waals surface area (Å²) in [6, 6.07) is 0. The number of hydrogen-bond donors (Lipinski definition) is 0. The highest BCUT2D eigenvalue weighted by molar-refractivity contribution is 7.99. The molecule has 1 unspecified atom stereocenters. The molecule has 0 saturated heterocycles. The molecule has 0 nitrogen and oxygen atoms in total. The van der Waals surface area contributed by atoms with Crippen LogP contribution in [0.4, 0.5) is 0 Å². The van der Waals surface area contributed by atoms with E-state index < -0.39 is 0 Å². The van der Waals surface area contributed by atoms with Crippen molar-refractivity contribution < 1.29 is 0 Å². The van der Waals surface area contributed by atoms with Crippen LogP contribution in [-0.4, -0.2) is 11.5 Å². The third-order valence-electron chi connectivity index (χ3n) is 2.19. The smallest absolute Gasteiger partial charge is 0.00442 e. The van der Waals surface area contributed by atoms with E-state index in [1.54, 1.807) is 0 Å². The lowest BCUT2D eigenvalue weighted by Crippen LogP contribution is -2.20. The van der Waals surface area contributed by atoms with Crippen LogP contribution >= 0.6 is 11.8 Å². The molecule has 1 atom stereocenters. The van der Waals surface area contributed by atoms with Crippen molar-refractivity contribution in [3.63, 3.8) is 0 Å². The van der Waals surface area contributed by atoms with Crippen molar-refractivity contribution in [3.05, 3.63) is 0 Å². The zero-order valence-corrected chi connectivity index (χ0v) is 6.50. The molecule has 48 valence electrons. The van der Waals surface area contributed by atoms with E-state index in [1.807, 2.05) is 11.8 Å². The van der Waals surface area contributed by atoms with Crippen LogP contribution in [-0.2, 0) is 0 Å². The molecule has 0 aromatic carbocycles. The molecule has 0 aromatic heterocycles. The fraction of sp³-hybridized carbons (Fsp3) is 1.00. The number of thioether (sulfide) groups is 1. The Hall–Kier alpha value is 0.350. The Morgan fingerprint density at radius 3 is 2.25 bits per heavy atom. The van der Waals surface area contributed by atoms with Crippen LogP contribution in [0.3, 0.4) is 0 Å². The van der Waals surface area contributed by atoms with E-state index >= 15 is 0 Å². The average Bonchev–Trinajstić information content (AvgIpc) is 1.62. The normalized spacial score (nSPS) is 24.8. The minimum Gasteiger partial charge on any atom is -0.162 e. The lowest BCUT2D eigenvalue weighted by atomic mass is 9.83. The van der Waals surface area contributed by atoms with Gasteiger partial charge in [-0.2, -0.15) is 11.8 Å². The standard InChI is InChI=1S/C7H14S/c1-6(8-2)7-4-3-5-7/h6-7H,3-5H2,1-2H3. The fourth-order valence-corrected chi connectivity index (χ4v) is 1.76. The Kier molecular flexibility index (Phi) is 2.24. The molecule has 0 aliphatic heterocycles. The fourth-order valence-electron chi connectivity index (χ4n) is 1.10. The summed E-state index contributed by atoms with van der Waals surface area (Å²) in [6.07, 6.45) is 6.67. The van der Waals surface area contributed by atoms with Crippen molar-refractivity contribution >= 4 is 11.8 Å². The largest absolute Gasteiger partial charge is 0.162 e. The van der Waals surface area contributed by atoms with Gasteiger partial charge in [0, 0.05) is 5.25 Å². The Bertz CT molecular complexity index is 64.0. The Morgan fingerprint density at radius 2 is 2.12 bits per heavy atom. The van der Waals surface area contributed by atoms with E-state index in [1.165, 1.54) is 19.3 Å². The first-order valence-electron chi connectivity index (χ1n) is 3.37. The molecule has 1 aliphatic carbocycles. The summed E-state index contributed by atoms with van der Waals surface area (Å²) in [5, 5.41) is 0.920. The van der Waals surface area contributed by atoms with Gasteiger partial charge in [0.25, 0.3) is 0 Å². The van der Waals surface area contributed by atoms with Gasteiger partial charge in [-0.3, -0.25) is 0 Å². The molecular weight excluding hydrogens is 116 g/mol. The van der Waals surface area contributed by atoms with E-state index in [-0.39, 0.29) is 0 Å². The molecule has 1 fully saturated rings. The molecule has 8 heavy (non-hydrogen) atoms. The zero-order valence-electron chi connectivity index (χ0n) is 5.68. The molecule has 1 saturated carbocycles. The van der Waals surface area contributed by atoms with Crippen LogP contribution in [0.5, 0.6) is 0 Å². The van der Waals surface area contributed by atoms with Crippen LogP contribution in [0.2, 0.25) is 0 Å². The first-order chi connectivity index (χ1) is 3.84. The minimum atomic E-state index is 0.920. The molecule has 0 aromatic rings. The summed E-state index contributed by atoms with van der Waals surface area (Å²) in [6.45, 7) is 2.34. The maximum Gasteiger partial charge on any atom is 0.00442 e. The lowest BCUT2D eigenvalue weighted by Gasteiger charge is -2.29. The monoisotopic (exact) mass is 130 g/mol. The van der Waals surface area contributed by atoms with Gasteiger partial charge in [-0.05, 0) is 25.0 Å². The summed E-state index contributed by atoms with van der Waals surface area (Å²) in [5.74, 6) is 1.06. The van der Waals surface area contributed by atoms with Gasteiger partial charge in [0.1, 0.15) is 0 Å². The zero-order chi connectivity index (χ0) is 5.98. The Morgan fingerprint density at radius 1 is 1.50 bits per heavy atom. The van der Waals surface area contributed by atoms with Crippen LogP contribution in [0, 0.1) is 5.92 Å². The lowest BCUT2D eigenvalue weighted by molar-refractivity contribution is 0.315. The molecule has 0 heterocycles.